The molecule has 0 aliphatic heterocycles. The van der Waals surface area contributed by atoms with Crippen molar-refractivity contribution in [1.82, 2.24) is 9.13 Å². The third-order valence-electron chi connectivity index (χ3n) is 4.45. The van der Waals surface area contributed by atoms with Gasteiger partial charge in [-0.3, -0.25) is 14.2 Å². The summed E-state index contributed by atoms with van der Waals surface area (Å²) in [5.74, 6) is -0.968. The van der Waals surface area contributed by atoms with Crippen LogP contribution in [0.4, 0.5) is 10.1 Å². The Morgan fingerprint density at radius 1 is 0.966 bits per heavy atom. The van der Waals surface area contributed by atoms with Crippen molar-refractivity contribution in [3.8, 4) is 0 Å². The molecule has 2 heterocycles. The molecule has 0 fully saturated rings. The average Bonchev–Trinajstić information content (AvgIpc) is 3.21. The van der Waals surface area contributed by atoms with Crippen LogP contribution >= 0.6 is 11.3 Å². The summed E-state index contributed by atoms with van der Waals surface area (Å²) in [6.45, 7) is -0.148. The normalized spacial score (nSPS) is 10.9. The highest BCUT2D eigenvalue weighted by Crippen LogP contribution is 2.16. The van der Waals surface area contributed by atoms with Crippen molar-refractivity contribution in [2.45, 2.75) is 13.1 Å². The van der Waals surface area contributed by atoms with Gasteiger partial charge < -0.3 is 5.32 Å². The number of carbonyl (C=O) groups excluding carboxylic acids is 1. The number of carbonyl (C=O) groups is 1. The minimum Gasteiger partial charge on any atom is -0.325 e. The maximum Gasteiger partial charge on any atom is 0.332 e. The number of hydrogen-bond acceptors (Lipinski definition) is 4. The molecule has 0 bridgehead atoms. The fraction of sp³-hybridized carbons (Fsp3) is 0.0952. The number of halogens is 1. The Balaban J connectivity index is 1.70. The Bertz CT molecular complexity index is 1290. The first-order chi connectivity index (χ1) is 14.0. The van der Waals surface area contributed by atoms with E-state index in [0.717, 1.165) is 10.1 Å². The van der Waals surface area contributed by atoms with E-state index in [0.29, 0.717) is 15.9 Å². The van der Waals surface area contributed by atoms with Crippen molar-refractivity contribution in [3.05, 3.63) is 98.3 Å². The maximum atomic E-state index is 13.0. The van der Waals surface area contributed by atoms with Crippen molar-refractivity contribution in [2.75, 3.05) is 5.32 Å². The van der Waals surface area contributed by atoms with Crippen molar-refractivity contribution >= 4 is 33.1 Å². The number of benzene rings is 2. The van der Waals surface area contributed by atoms with Crippen LogP contribution in [0.25, 0.3) is 10.2 Å². The molecule has 0 atom stereocenters. The van der Waals surface area contributed by atoms with Gasteiger partial charge in [-0.05, 0) is 41.3 Å². The summed E-state index contributed by atoms with van der Waals surface area (Å²) in [4.78, 5) is 38.2. The van der Waals surface area contributed by atoms with Gasteiger partial charge in [0, 0.05) is 5.69 Å². The van der Waals surface area contributed by atoms with Crippen LogP contribution in [-0.2, 0) is 17.9 Å². The fourth-order valence-electron chi connectivity index (χ4n) is 3.07. The highest BCUT2D eigenvalue weighted by Gasteiger charge is 2.17. The van der Waals surface area contributed by atoms with E-state index in [2.05, 4.69) is 5.32 Å². The second-order valence-corrected chi connectivity index (χ2v) is 7.35. The zero-order chi connectivity index (χ0) is 20.4. The number of rotatable bonds is 5. The lowest BCUT2D eigenvalue weighted by Crippen LogP contribution is -2.42. The second kappa shape index (κ2) is 7.84. The van der Waals surface area contributed by atoms with Gasteiger partial charge in [0.1, 0.15) is 17.1 Å². The molecule has 0 unspecified atom stereocenters. The molecule has 4 rings (SSSR count). The summed E-state index contributed by atoms with van der Waals surface area (Å²) >= 11 is 1.23. The van der Waals surface area contributed by atoms with Crippen LogP contribution in [0.15, 0.2) is 75.6 Å². The SMILES string of the molecule is O=C(Cn1c(=O)c2sccc2n(Cc2ccccc2)c1=O)Nc1ccc(F)cc1. The zero-order valence-corrected chi connectivity index (χ0v) is 16.0. The molecule has 146 valence electrons. The lowest BCUT2D eigenvalue weighted by molar-refractivity contribution is -0.116. The number of fused-ring (bicyclic) bond motifs is 1. The Morgan fingerprint density at radius 2 is 1.69 bits per heavy atom. The number of anilines is 1. The molecule has 2 aromatic heterocycles. The molecule has 0 aliphatic rings. The summed E-state index contributed by atoms with van der Waals surface area (Å²) in [5.41, 5.74) is 0.774. The molecule has 0 saturated heterocycles. The molecular weight excluding hydrogens is 393 g/mol. The summed E-state index contributed by atoms with van der Waals surface area (Å²) in [5, 5.41) is 4.32. The van der Waals surface area contributed by atoms with Crippen LogP contribution < -0.4 is 16.6 Å². The number of nitrogens with zero attached hydrogens (tertiary/aromatic N) is 2. The molecule has 29 heavy (non-hydrogen) atoms. The van der Waals surface area contributed by atoms with Crippen LogP contribution in [0, 0.1) is 5.82 Å². The van der Waals surface area contributed by atoms with Crippen LogP contribution in [0.2, 0.25) is 0 Å². The minimum atomic E-state index is -0.556. The maximum absolute atomic E-state index is 13.0. The molecule has 0 spiro atoms. The molecule has 6 nitrogen and oxygen atoms in total. The van der Waals surface area contributed by atoms with Crippen molar-refractivity contribution in [2.24, 2.45) is 0 Å². The first-order valence-electron chi connectivity index (χ1n) is 8.83. The smallest absolute Gasteiger partial charge is 0.325 e. The van der Waals surface area contributed by atoms with Crippen LogP contribution in [0.3, 0.4) is 0 Å². The van der Waals surface area contributed by atoms with E-state index in [9.17, 15) is 18.8 Å². The predicted molar refractivity (Wildman–Crippen MR) is 111 cm³/mol. The molecule has 2 aromatic carbocycles. The van der Waals surface area contributed by atoms with E-state index in [4.69, 9.17) is 0 Å². The predicted octanol–water partition coefficient (Wildman–Crippen LogP) is 3.05. The second-order valence-electron chi connectivity index (χ2n) is 6.44. The van der Waals surface area contributed by atoms with Gasteiger partial charge in [-0.25, -0.2) is 13.8 Å². The van der Waals surface area contributed by atoms with Gasteiger partial charge in [0.25, 0.3) is 5.56 Å². The largest absolute Gasteiger partial charge is 0.332 e. The quantitative estimate of drug-likeness (QED) is 0.551. The van der Waals surface area contributed by atoms with Gasteiger partial charge in [0.2, 0.25) is 5.91 Å². The Morgan fingerprint density at radius 3 is 2.41 bits per heavy atom. The summed E-state index contributed by atoms with van der Waals surface area (Å²) < 4.78 is 15.9. The number of hydrogen-bond donors (Lipinski definition) is 1. The third-order valence-corrected chi connectivity index (χ3v) is 5.34. The van der Waals surface area contributed by atoms with E-state index in [-0.39, 0.29) is 6.54 Å². The average molecular weight is 409 g/mol. The van der Waals surface area contributed by atoms with E-state index in [1.165, 1.54) is 40.2 Å². The van der Waals surface area contributed by atoms with E-state index in [1.807, 2.05) is 30.3 Å². The summed E-state index contributed by atoms with van der Waals surface area (Å²) in [6, 6.07) is 16.4. The highest BCUT2D eigenvalue weighted by atomic mass is 32.1. The Kier molecular flexibility index (Phi) is 5.09. The van der Waals surface area contributed by atoms with Gasteiger partial charge in [-0.2, -0.15) is 0 Å². The first kappa shape index (κ1) is 18.8. The molecule has 0 radical (unpaired) electrons. The molecule has 4 aromatic rings. The highest BCUT2D eigenvalue weighted by molar-refractivity contribution is 7.17. The Labute approximate surface area is 168 Å². The Hall–Kier alpha value is -3.52. The van der Waals surface area contributed by atoms with Crippen LogP contribution in [0.5, 0.6) is 0 Å². The van der Waals surface area contributed by atoms with Crippen LogP contribution in [0.1, 0.15) is 5.56 Å². The van der Waals surface area contributed by atoms with Gasteiger partial charge >= 0.3 is 5.69 Å². The van der Waals surface area contributed by atoms with Gasteiger partial charge in [0.15, 0.2) is 0 Å². The van der Waals surface area contributed by atoms with E-state index in [1.54, 1.807) is 11.4 Å². The molecule has 0 aliphatic carbocycles. The first-order valence-corrected chi connectivity index (χ1v) is 9.71. The topological polar surface area (TPSA) is 73.1 Å². The standard InChI is InChI=1S/C21H16FN3O3S/c22-15-6-8-16(9-7-15)23-18(26)13-25-20(27)19-17(10-11-29-19)24(21(25)28)12-14-4-2-1-3-5-14/h1-11H,12-13H2,(H,23,26). The molecular formula is C21H16FN3O3S. The molecule has 8 heteroatoms. The van der Waals surface area contributed by atoms with E-state index < -0.39 is 29.5 Å². The number of aromatic nitrogens is 2. The number of thiophene rings is 1. The van der Waals surface area contributed by atoms with Crippen LogP contribution in [-0.4, -0.2) is 15.0 Å². The summed E-state index contributed by atoms with van der Waals surface area (Å²) in [6.07, 6.45) is 0. The zero-order valence-electron chi connectivity index (χ0n) is 15.2. The number of amides is 1. The lowest BCUT2D eigenvalue weighted by Gasteiger charge is -2.12. The van der Waals surface area contributed by atoms with Gasteiger partial charge in [0.05, 0.1) is 12.1 Å². The lowest BCUT2D eigenvalue weighted by atomic mass is 10.2. The fourth-order valence-corrected chi connectivity index (χ4v) is 3.91. The number of nitrogens with one attached hydrogen (secondary N) is 1. The molecule has 0 saturated carbocycles. The third kappa shape index (κ3) is 3.88. The molecule has 1 amide bonds. The van der Waals surface area contributed by atoms with Crippen molar-refractivity contribution in [3.63, 3.8) is 0 Å². The van der Waals surface area contributed by atoms with Gasteiger partial charge in [-0.15, -0.1) is 11.3 Å². The summed E-state index contributed by atoms with van der Waals surface area (Å²) in [7, 11) is 0. The minimum absolute atomic E-state index is 0.284. The van der Waals surface area contributed by atoms with Crippen molar-refractivity contribution < 1.29 is 9.18 Å². The van der Waals surface area contributed by atoms with Gasteiger partial charge in [-0.1, -0.05) is 30.3 Å². The van der Waals surface area contributed by atoms with Crippen molar-refractivity contribution in [1.29, 1.82) is 0 Å². The van der Waals surface area contributed by atoms with E-state index >= 15 is 0 Å². The molecule has 1 N–H and O–H groups in total. The monoisotopic (exact) mass is 409 g/mol.